The first-order chi connectivity index (χ1) is 8.60. The molecule has 1 aromatic heterocycles. The number of anilines is 1. The highest BCUT2D eigenvalue weighted by Gasteiger charge is 2.04. The predicted molar refractivity (Wildman–Crippen MR) is 78.8 cm³/mol. The van der Waals surface area contributed by atoms with E-state index in [2.05, 4.69) is 64.5 Å². The molecule has 2 rings (SSSR count). The zero-order chi connectivity index (χ0) is 13.1. The quantitative estimate of drug-likeness (QED) is 0.934. The first-order valence-corrected chi connectivity index (χ1v) is 6.91. The molecule has 4 heteroatoms. The minimum absolute atomic E-state index is 0.798. The number of halogens is 1. The van der Waals surface area contributed by atoms with E-state index in [0.717, 1.165) is 28.8 Å². The maximum absolute atomic E-state index is 4.45. The molecule has 0 aliphatic rings. The van der Waals surface area contributed by atoms with Crippen molar-refractivity contribution in [1.29, 1.82) is 0 Å². The molecule has 0 unspecified atom stereocenters. The van der Waals surface area contributed by atoms with Gasteiger partial charge in [-0.05, 0) is 43.2 Å². The number of rotatable bonds is 4. The van der Waals surface area contributed by atoms with Crippen LogP contribution in [0.3, 0.4) is 0 Å². The Kier molecular flexibility index (Phi) is 4.07. The van der Waals surface area contributed by atoms with Gasteiger partial charge in [0.1, 0.15) is 0 Å². The highest BCUT2D eigenvalue weighted by Crippen LogP contribution is 2.20. The number of nitrogens with one attached hydrogen (secondary N) is 1. The van der Waals surface area contributed by atoms with Gasteiger partial charge in [0, 0.05) is 17.2 Å². The van der Waals surface area contributed by atoms with E-state index in [4.69, 9.17) is 0 Å². The van der Waals surface area contributed by atoms with Crippen molar-refractivity contribution in [2.75, 3.05) is 5.32 Å². The molecule has 2 aromatic rings. The summed E-state index contributed by atoms with van der Waals surface area (Å²) in [5.74, 6) is 0. The highest BCUT2D eigenvalue weighted by atomic mass is 79.9. The molecule has 0 aliphatic heterocycles. The Morgan fingerprint density at radius 3 is 2.72 bits per heavy atom. The van der Waals surface area contributed by atoms with E-state index in [1.54, 1.807) is 0 Å². The summed E-state index contributed by atoms with van der Waals surface area (Å²) in [4.78, 5) is 0. The number of hydrogen-bond acceptors (Lipinski definition) is 2. The van der Waals surface area contributed by atoms with E-state index in [1.165, 1.54) is 11.3 Å². The molecule has 0 amide bonds. The fourth-order valence-electron chi connectivity index (χ4n) is 1.92. The first kappa shape index (κ1) is 13.1. The second-order valence-electron chi connectivity index (χ2n) is 4.42. The first-order valence-electron chi connectivity index (χ1n) is 6.12. The Labute approximate surface area is 116 Å². The minimum atomic E-state index is 0.798. The van der Waals surface area contributed by atoms with Crippen LogP contribution in [0.1, 0.15) is 23.9 Å². The van der Waals surface area contributed by atoms with E-state index >= 15 is 0 Å². The summed E-state index contributed by atoms with van der Waals surface area (Å²) in [6.45, 7) is 5.03. The van der Waals surface area contributed by atoms with Crippen molar-refractivity contribution in [3.63, 3.8) is 0 Å². The van der Waals surface area contributed by atoms with E-state index in [-0.39, 0.29) is 0 Å². The van der Waals surface area contributed by atoms with Gasteiger partial charge < -0.3 is 5.32 Å². The van der Waals surface area contributed by atoms with Crippen LogP contribution in [-0.2, 0) is 20.0 Å². The molecule has 0 spiro atoms. The summed E-state index contributed by atoms with van der Waals surface area (Å²) >= 11 is 3.47. The molecule has 96 valence electrons. The minimum Gasteiger partial charge on any atom is -0.379 e. The van der Waals surface area contributed by atoms with Crippen molar-refractivity contribution in [2.24, 2.45) is 7.05 Å². The van der Waals surface area contributed by atoms with Crippen LogP contribution in [0.4, 0.5) is 5.69 Å². The summed E-state index contributed by atoms with van der Waals surface area (Å²) in [5.41, 5.74) is 4.75. The summed E-state index contributed by atoms with van der Waals surface area (Å²) in [6, 6.07) is 8.41. The molecule has 0 saturated heterocycles. The molecule has 0 aliphatic carbocycles. The van der Waals surface area contributed by atoms with Crippen LogP contribution >= 0.6 is 15.9 Å². The van der Waals surface area contributed by atoms with E-state index in [0.29, 0.717) is 0 Å². The lowest BCUT2D eigenvalue weighted by Crippen LogP contribution is -2.06. The van der Waals surface area contributed by atoms with Crippen LogP contribution in [0.2, 0.25) is 0 Å². The van der Waals surface area contributed by atoms with Gasteiger partial charge in [0.15, 0.2) is 0 Å². The van der Waals surface area contributed by atoms with Gasteiger partial charge in [-0.1, -0.05) is 22.9 Å². The summed E-state index contributed by atoms with van der Waals surface area (Å²) in [7, 11) is 1.99. The molecule has 3 nitrogen and oxygen atoms in total. The van der Waals surface area contributed by atoms with Crippen molar-refractivity contribution in [3.8, 4) is 0 Å². The third kappa shape index (κ3) is 2.93. The average molecular weight is 308 g/mol. The third-order valence-corrected chi connectivity index (χ3v) is 3.53. The standard InChI is InChI=1S/C14H18BrN3/c1-4-12-8-13(18(3)17-12)9-16-14-6-5-11(15)7-10(14)2/h5-8,16H,4,9H2,1-3H3. The molecule has 0 bridgehead atoms. The van der Waals surface area contributed by atoms with Crippen LogP contribution in [0, 0.1) is 6.92 Å². The molecule has 0 saturated carbocycles. The molecule has 0 atom stereocenters. The maximum Gasteiger partial charge on any atom is 0.0625 e. The lowest BCUT2D eigenvalue weighted by molar-refractivity contribution is 0.707. The zero-order valence-electron chi connectivity index (χ0n) is 11.0. The lowest BCUT2D eigenvalue weighted by atomic mass is 10.2. The topological polar surface area (TPSA) is 29.9 Å². The largest absolute Gasteiger partial charge is 0.379 e. The Morgan fingerprint density at radius 1 is 1.33 bits per heavy atom. The van der Waals surface area contributed by atoms with Crippen LogP contribution in [0.15, 0.2) is 28.7 Å². The Morgan fingerprint density at radius 2 is 2.11 bits per heavy atom. The maximum atomic E-state index is 4.45. The second kappa shape index (κ2) is 5.57. The van der Waals surface area contributed by atoms with Gasteiger partial charge in [-0.15, -0.1) is 0 Å². The average Bonchev–Trinajstić information content (AvgIpc) is 2.69. The van der Waals surface area contributed by atoms with Gasteiger partial charge in [-0.3, -0.25) is 4.68 Å². The molecule has 18 heavy (non-hydrogen) atoms. The smallest absolute Gasteiger partial charge is 0.0625 e. The second-order valence-corrected chi connectivity index (χ2v) is 5.33. The van der Waals surface area contributed by atoms with Crippen molar-refractivity contribution in [1.82, 2.24) is 9.78 Å². The monoisotopic (exact) mass is 307 g/mol. The van der Waals surface area contributed by atoms with Gasteiger partial charge in [0.05, 0.1) is 17.9 Å². The van der Waals surface area contributed by atoms with Crippen LogP contribution in [-0.4, -0.2) is 9.78 Å². The molecule has 1 N–H and O–H groups in total. The van der Waals surface area contributed by atoms with E-state index < -0.39 is 0 Å². The Hall–Kier alpha value is -1.29. The van der Waals surface area contributed by atoms with Gasteiger partial charge in [-0.25, -0.2) is 0 Å². The van der Waals surface area contributed by atoms with Crippen molar-refractivity contribution >= 4 is 21.6 Å². The number of aryl methyl sites for hydroxylation is 3. The van der Waals surface area contributed by atoms with Gasteiger partial charge >= 0.3 is 0 Å². The van der Waals surface area contributed by atoms with Crippen LogP contribution in [0.25, 0.3) is 0 Å². The van der Waals surface area contributed by atoms with Gasteiger partial charge in [0.2, 0.25) is 0 Å². The molecular formula is C14H18BrN3. The highest BCUT2D eigenvalue weighted by molar-refractivity contribution is 9.10. The van der Waals surface area contributed by atoms with Gasteiger partial charge in [-0.2, -0.15) is 5.10 Å². The fraction of sp³-hybridized carbons (Fsp3) is 0.357. The zero-order valence-corrected chi connectivity index (χ0v) is 12.6. The summed E-state index contributed by atoms with van der Waals surface area (Å²) in [5, 5.41) is 7.90. The molecule has 1 aromatic carbocycles. The normalized spacial score (nSPS) is 10.7. The Balaban J connectivity index is 2.08. The summed E-state index contributed by atoms with van der Waals surface area (Å²) < 4.78 is 3.05. The number of nitrogens with zero attached hydrogens (tertiary/aromatic N) is 2. The Bertz CT molecular complexity index is 546. The lowest BCUT2D eigenvalue weighted by Gasteiger charge is -2.09. The third-order valence-electron chi connectivity index (χ3n) is 3.04. The molecule has 0 radical (unpaired) electrons. The van der Waals surface area contributed by atoms with Crippen molar-refractivity contribution < 1.29 is 0 Å². The molecule has 0 fully saturated rings. The fourth-order valence-corrected chi connectivity index (χ4v) is 2.40. The molecular weight excluding hydrogens is 290 g/mol. The number of benzene rings is 1. The van der Waals surface area contributed by atoms with Crippen LogP contribution in [0.5, 0.6) is 0 Å². The SMILES string of the molecule is CCc1cc(CNc2ccc(Br)cc2C)n(C)n1. The number of hydrogen-bond donors (Lipinski definition) is 1. The van der Waals surface area contributed by atoms with Crippen LogP contribution < -0.4 is 5.32 Å². The number of aromatic nitrogens is 2. The van der Waals surface area contributed by atoms with E-state index in [9.17, 15) is 0 Å². The molecule has 1 heterocycles. The summed E-state index contributed by atoms with van der Waals surface area (Å²) in [6.07, 6.45) is 0.977. The van der Waals surface area contributed by atoms with Gasteiger partial charge in [0.25, 0.3) is 0 Å². The van der Waals surface area contributed by atoms with Crippen molar-refractivity contribution in [2.45, 2.75) is 26.8 Å². The van der Waals surface area contributed by atoms with E-state index in [1.807, 2.05) is 11.7 Å². The predicted octanol–water partition coefficient (Wildman–Crippen LogP) is 3.67. The van der Waals surface area contributed by atoms with Crippen molar-refractivity contribution in [3.05, 3.63) is 45.7 Å².